The number of nitrogens with zero attached hydrogens (tertiary/aromatic N) is 2. The van der Waals surface area contributed by atoms with E-state index in [4.69, 9.17) is 5.73 Å². The van der Waals surface area contributed by atoms with Crippen molar-refractivity contribution in [2.75, 3.05) is 11.1 Å². The minimum absolute atomic E-state index is 0.156. The Kier molecular flexibility index (Phi) is 3.76. The van der Waals surface area contributed by atoms with E-state index in [9.17, 15) is 5.11 Å². The van der Waals surface area contributed by atoms with Gasteiger partial charge in [-0.3, -0.25) is 0 Å². The molecule has 1 aliphatic rings. The standard InChI is InChI=1S/C14H17BrN4O/c15-8-1-6-11-12(7-8)18-14(16)19-13(11)17-9-2-4-10(20)5-3-9/h1,6-7,9-10,20H,2-5H2,(H3,16,17,18,19). The molecule has 0 saturated heterocycles. The highest BCUT2D eigenvalue weighted by atomic mass is 79.9. The smallest absolute Gasteiger partial charge is 0.222 e. The van der Waals surface area contributed by atoms with Gasteiger partial charge in [0, 0.05) is 15.9 Å². The second-order valence-electron chi connectivity index (χ2n) is 5.24. The molecule has 0 spiro atoms. The molecule has 1 fully saturated rings. The maximum absolute atomic E-state index is 9.56. The van der Waals surface area contributed by atoms with E-state index in [2.05, 4.69) is 31.2 Å². The number of nitrogen functional groups attached to an aromatic ring is 1. The summed E-state index contributed by atoms with van der Waals surface area (Å²) in [6.07, 6.45) is 3.41. The molecule has 0 aliphatic heterocycles. The van der Waals surface area contributed by atoms with E-state index in [0.29, 0.717) is 6.04 Å². The Morgan fingerprint density at radius 1 is 1.20 bits per heavy atom. The fraction of sp³-hybridized carbons (Fsp3) is 0.429. The average Bonchev–Trinajstić information content (AvgIpc) is 2.40. The lowest BCUT2D eigenvalue weighted by Gasteiger charge is -2.27. The highest BCUT2D eigenvalue weighted by Crippen LogP contribution is 2.27. The number of nitrogens with two attached hydrogens (primary N) is 1. The zero-order valence-corrected chi connectivity index (χ0v) is 12.6. The van der Waals surface area contributed by atoms with Crippen molar-refractivity contribution in [3.63, 3.8) is 0 Å². The Balaban J connectivity index is 1.90. The van der Waals surface area contributed by atoms with Gasteiger partial charge in [0.05, 0.1) is 11.6 Å². The van der Waals surface area contributed by atoms with Crippen molar-refractivity contribution in [2.45, 2.75) is 37.8 Å². The van der Waals surface area contributed by atoms with Crippen molar-refractivity contribution in [3.8, 4) is 0 Å². The first kappa shape index (κ1) is 13.6. The first-order valence-corrected chi connectivity index (χ1v) is 7.58. The number of aliphatic hydroxyl groups is 1. The van der Waals surface area contributed by atoms with Crippen LogP contribution in [-0.2, 0) is 0 Å². The lowest BCUT2D eigenvalue weighted by molar-refractivity contribution is 0.126. The molecule has 4 N–H and O–H groups in total. The van der Waals surface area contributed by atoms with Gasteiger partial charge in [-0.2, -0.15) is 4.98 Å². The SMILES string of the molecule is Nc1nc(NC2CCC(O)CC2)c2ccc(Br)cc2n1. The Morgan fingerprint density at radius 3 is 2.70 bits per heavy atom. The van der Waals surface area contributed by atoms with Gasteiger partial charge in [0.25, 0.3) is 0 Å². The summed E-state index contributed by atoms with van der Waals surface area (Å²) in [6, 6.07) is 6.22. The number of aliphatic hydroxyl groups excluding tert-OH is 1. The van der Waals surface area contributed by atoms with Gasteiger partial charge in [0.1, 0.15) is 5.82 Å². The van der Waals surface area contributed by atoms with Crippen LogP contribution in [0, 0.1) is 0 Å². The number of anilines is 2. The summed E-state index contributed by atoms with van der Waals surface area (Å²) in [4.78, 5) is 8.58. The molecule has 3 rings (SSSR count). The summed E-state index contributed by atoms with van der Waals surface area (Å²) in [5, 5.41) is 14.0. The largest absolute Gasteiger partial charge is 0.393 e. The molecule has 1 aliphatic carbocycles. The number of benzene rings is 1. The van der Waals surface area contributed by atoms with E-state index in [1.807, 2.05) is 18.2 Å². The summed E-state index contributed by atoms with van der Waals surface area (Å²) in [7, 11) is 0. The molecule has 1 aromatic carbocycles. The molecule has 1 aromatic heterocycles. The predicted molar refractivity (Wildman–Crippen MR) is 83.5 cm³/mol. The van der Waals surface area contributed by atoms with E-state index in [1.54, 1.807) is 0 Å². The lowest BCUT2D eigenvalue weighted by atomic mass is 9.93. The van der Waals surface area contributed by atoms with Gasteiger partial charge < -0.3 is 16.2 Å². The quantitative estimate of drug-likeness (QED) is 0.785. The summed E-state index contributed by atoms with van der Waals surface area (Å²) in [5.41, 5.74) is 6.61. The molecular formula is C14H17BrN4O. The molecule has 6 heteroatoms. The van der Waals surface area contributed by atoms with E-state index in [0.717, 1.165) is 46.9 Å². The molecule has 0 unspecified atom stereocenters. The Labute approximate surface area is 125 Å². The van der Waals surface area contributed by atoms with Crippen LogP contribution in [0.15, 0.2) is 22.7 Å². The van der Waals surface area contributed by atoms with Crippen LogP contribution in [0.3, 0.4) is 0 Å². The van der Waals surface area contributed by atoms with Crippen LogP contribution >= 0.6 is 15.9 Å². The van der Waals surface area contributed by atoms with Gasteiger partial charge >= 0.3 is 0 Å². The second kappa shape index (κ2) is 5.54. The first-order chi connectivity index (χ1) is 9.61. The van der Waals surface area contributed by atoms with E-state index in [-0.39, 0.29) is 12.1 Å². The number of hydrogen-bond donors (Lipinski definition) is 3. The van der Waals surface area contributed by atoms with Crippen molar-refractivity contribution < 1.29 is 5.11 Å². The second-order valence-corrected chi connectivity index (χ2v) is 6.16. The van der Waals surface area contributed by atoms with Crippen LogP contribution in [0.1, 0.15) is 25.7 Å². The highest BCUT2D eigenvalue weighted by Gasteiger charge is 2.20. The molecular weight excluding hydrogens is 320 g/mol. The number of fused-ring (bicyclic) bond motifs is 1. The molecule has 0 atom stereocenters. The fourth-order valence-corrected chi connectivity index (χ4v) is 2.99. The Bertz CT molecular complexity index is 621. The lowest BCUT2D eigenvalue weighted by Crippen LogP contribution is -2.28. The van der Waals surface area contributed by atoms with Gasteiger partial charge in [-0.1, -0.05) is 15.9 Å². The van der Waals surface area contributed by atoms with Crippen molar-refractivity contribution in [2.24, 2.45) is 0 Å². The topological polar surface area (TPSA) is 84.1 Å². The molecule has 106 valence electrons. The molecule has 1 saturated carbocycles. The Morgan fingerprint density at radius 2 is 1.95 bits per heavy atom. The van der Waals surface area contributed by atoms with Crippen molar-refractivity contribution in [3.05, 3.63) is 22.7 Å². The summed E-state index contributed by atoms with van der Waals surface area (Å²) in [5.74, 6) is 1.05. The van der Waals surface area contributed by atoms with Gasteiger partial charge in [-0.25, -0.2) is 4.98 Å². The third-order valence-corrected chi connectivity index (χ3v) is 4.21. The minimum Gasteiger partial charge on any atom is -0.393 e. The molecule has 2 aromatic rings. The van der Waals surface area contributed by atoms with Crippen molar-refractivity contribution >= 4 is 38.6 Å². The van der Waals surface area contributed by atoms with Gasteiger partial charge in [0.15, 0.2) is 0 Å². The van der Waals surface area contributed by atoms with Crippen LogP contribution in [0.4, 0.5) is 11.8 Å². The highest BCUT2D eigenvalue weighted by molar-refractivity contribution is 9.10. The van der Waals surface area contributed by atoms with Crippen LogP contribution in [0.5, 0.6) is 0 Å². The first-order valence-electron chi connectivity index (χ1n) is 6.79. The molecule has 5 nitrogen and oxygen atoms in total. The fourth-order valence-electron chi connectivity index (χ4n) is 2.64. The van der Waals surface area contributed by atoms with Crippen LogP contribution in [0.25, 0.3) is 10.9 Å². The van der Waals surface area contributed by atoms with E-state index >= 15 is 0 Å². The molecule has 1 heterocycles. The number of rotatable bonds is 2. The summed E-state index contributed by atoms with van der Waals surface area (Å²) >= 11 is 3.44. The minimum atomic E-state index is -0.156. The number of hydrogen-bond acceptors (Lipinski definition) is 5. The zero-order valence-electron chi connectivity index (χ0n) is 11.0. The van der Waals surface area contributed by atoms with Gasteiger partial charge in [0.2, 0.25) is 5.95 Å². The molecule has 0 amide bonds. The van der Waals surface area contributed by atoms with Crippen LogP contribution < -0.4 is 11.1 Å². The molecule has 0 radical (unpaired) electrons. The van der Waals surface area contributed by atoms with Crippen LogP contribution in [-0.4, -0.2) is 27.2 Å². The van der Waals surface area contributed by atoms with Gasteiger partial charge in [-0.15, -0.1) is 0 Å². The third-order valence-electron chi connectivity index (χ3n) is 3.71. The maximum atomic E-state index is 9.56. The van der Waals surface area contributed by atoms with Gasteiger partial charge in [-0.05, 0) is 43.9 Å². The third kappa shape index (κ3) is 2.86. The summed E-state index contributed by atoms with van der Waals surface area (Å²) in [6.45, 7) is 0. The van der Waals surface area contributed by atoms with Crippen LogP contribution in [0.2, 0.25) is 0 Å². The van der Waals surface area contributed by atoms with Crippen molar-refractivity contribution in [1.82, 2.24) is 9.97 Å². The average molecular weight is 337 g/mol. The zero-order chi connectivity index (χ0) is 14.1. The number of nitrogens with one attached hydrogen (secondary N) is 1. The normalized spacial score (nSPS) is 22.9. The molecule has 20 heavy (non-hydrogen) atoms. The summed E-state index contributed by atoms with van der Waals surface area (Å²) < 4.78 is 0.967. The molecule has 0 bridgehead atoms. The monoisotopic (exact) mass is 336 g/mol. The number of halogens is 1. The Hall–Kier alpha value is -1.40. The maximum Gasteiger partial charge on any atom is 0.222 e. The van der Waals surface area contributed by atoms with E-state index < -0.39 is 0 Å². The number of aromatic nitrogens is 2. The predicted octanol–water partition coefficient (Wildman–Crippen LogP) is 2.69. The van der Waals surface area contributed by atoms with Crippen molar-refractivity contribution in [1.29, 1.82) is 0 Å². The van der Waals surface area contributed by atoms with E-state index in [1.165, 1.54) is 0 Å².